The van der Waals surface area contributed by atoms with Gasteiger partial charge in [0.25, 0.3) is 5.91 Å². The maximum atomic E-state index is 12.3. The number of aromatic nitrogens is 1. The SMILES string of the molecule is CC=Cc1cc(C(=O)Nc2nccs2)cc(OC)c1OC. The molecule has 0 bridgehead atoms. The molecule has 0 fully saturated rings. The average molecular weight is 304 g/mol. The second-order valence-corrected chi connectivity index (χ2v) is 4.99. The largest absolute Gasteiger partial charge is 0.493 e. The molecule has 2 rings (SSSR count). The lowest BCUT2D eigenvalue weighted by atomic mass is 10.1. The van der Waals surface area contributed by atoms with Gasteiger partial charge in [-0.2, -0.15) is 0 Å². The van der Waals surface area contributed by atoms with Crippen LogP contribution in [-0.2, 0) is 0 Å². The van der Waals surface area contributed by atoms with Crippen LogP contribution in [0.3, 0.4) is 0 Å². The van der Waals surface area contributed by atoms with Gasteiger partial charge in [0, 0.05) is 22.7 Å². The van der Waals surface area contributed by atoms with Crippen molar-refractivity contribution in [3.8, 4) is 11.5 Å². The number of hydrogen-bond acceptors (Lipinski definition) is 5. The van der Waals surface area contributed by atoms with Crippen LogP contribution in [0, 0.1) is 0 Å². The molecule has 1 aromatic carbocycles. The fourth-order valence-electron chi connectivity index (χ4n) is 1.88. The molecular formula is C15H16N2O3S. The number of carbonyl (C=O) groups is 1. The summed E-state index contributed by atoms with van der Waals surface area (Å²) < 4.78 is 10.6. The minimum absolute atomic E-state index is 0.239. The molecule has 0 saturated heterocycles. The number of benzene rings is 1. The smallest absolute Gasteiger partial charge is 0.257 e. The molecule has 1 heterocycles. The highest BCUT2D eigenvalue weighted by Crippen LogP contribution is 2.33. The second-order valence-electron chi connectivity index (χ2n) is 4.09. The highest BCUT2D eigenvalue weighted by atomic mass is 32.1. The topological polar surface area (TPSA) is 60.5 Å². The first-order chi connectivity index (χ1) is 10.2. The van der Waals surface area contributed by atoms with Crippen LogP contribution in [0.4, 0.5) is 5.13 Å². The molecule has 21 heavy (non-hydrogen) atoms. The third-order valence-electron chi connectivity index (χ3n) is 2.77. The van der Waals surface area contributed by atoms with Crippen molar-refractivity contribution in [2.75, 3.05) is 19.5 Å². The zero-order chi connectivity index (χ0) is 15.2. The monoisotopic (exact) mass is 304 g/mol. The average Bonchev–Trinajstić information content (AvgIpc) is 2.99. The highest BCUT2D eigenvalue weighted by Gasteiger charge is 2.15. The summed E-state index contributed by atoms with van der Waals surface area (Å²) in [5.74, 6) is 0.871. The van der Waals surface area contributed by atoms with Gasteiger partial charge in [-0.3, -0.25) is 10.1 Å². The number of thiazole rings is 1. The maximum Gasteiger partial charge on any atom is 0.257 e. The number of nitrogens with one attached hydrogen (secondary N) is 1. The molecule has 1 N–H and O–H groups in total. The Morgan fingerprint density at radius 3 is 2.71 bits per heavy atom. The van der Waals surface area contributed by atoms with Gasteiger partial charge in [-0.25, -0.2) is 4.98 Å². The maximum absolute atomic E-state index is 12.3. The first-order valence-corrected chi connectivity index (χ1v) is 7.17. The van der Waals surface area contributed by atoms with Gasteiger partial charge in [-0.1, -0.05) is 12.2 Å². The van der Waals surface area contributed by atoms with Crippen molar-refractivity contribution in [3.63, 3.8) is 0 Å². The number of methoxy groups -OCH3 is 2. The summed E-state index contributed by atoms with van der Waals surface area (Å²) in [7, 11) is 3.11. The number of anilines is 1. The quantitative estimate of drug-likeness (QED) is 0.919. The van der Waals surface area contributed by atoms with E-state index in [2.05, 4.69) is 10.3 Å². The summed E-state index contributed by atoms with van der Waals surface area (Å²) >= 11 is 1.37. The van der Waals surface area contributed by atoms with Crippen LogP contribution in [0.15, 0.2) is 29.8 Å². The Kier molecular flexibility index (Phi) is 4.94. The molecule has 0 radical (unpaired) electrons. The number of ether oxygens (including phenoxy) is 2. The Morgan fingerprint density at radius 1 is 1.33 bits per heavy atom. The van der Waals surface area contributed by atoms with E-state index < -0.39 is 0 Å². The molecule has 1 aromatic heterocycles. The Bertz CT molecular complexity index is 651. The third-order valence-corrected chi connectivity index (χ3v) is 3.46. The lowest BCUT2D eigenvalue weighted by Gasteiger charge is -2.13. The summed E-state index contributed by atoms with van der Waals surface area (Å²) in [5.41, 5.74) is 1.26. The fourth-order valence-corrected chi connectivity index (χ4v) is 2.41. The van der Waals surface area contributed by atoms with E-state index in [1.165, 1.54) is 11.3 Å². The van der Waals surface area contributed by atoms with E-state index in [4.69, 9.17) is 9.47 Å². The molecule has 0 atom stereocenters. The number of nitrogens with zero attached hydrogens (tertiary/aromatic N) is 1. The van der Waals surface area contributed by atoms with Crippen molar-refractivity contribution in [1.29, 1.82) is 0 Å². The van der Waals surface area contributed by atoms with E-state index in [1.807, 2.05) is 19.1 Å². The number of hydrogen-bond donors (Lipinski definition) is 1. The Labute approximate surface area is 127 Å². The molecular weight excluding hydrogens is 288 g/mol. The van der Waals surface area contributed by atoms with Gasteiger partial charge in [0.1, 0.15) is 0 Å². The first-order valence-electron chi connectivity index (χ1n) is 6.29. The van der Waals surface area contributed by atoms with Crippen LogP contribution >= 0.6 is 11.3 Å². The van der Waals surface area contributed by atoms with Crippen LogP contribution in [0.1, 0.15) is 22.8 Å². The van der Waals surface area contributed by atoms with E-state index >= 15 is 0 Å². The summed E-state index contributed by atoms with van der Waals surface area (Å²) in [5, 5.41) is 5.10. The fraction of sp³-hybridized carbons (Fsp3) is 0.200. The lowest BCUT2D eigenvalue weighted by molar-refractivity contribution is 0.102. The minimum Gasteiger partial charge on any atom is -0.493 e. The van der Waals surface area contributed by atoms with Gasteiger partial charge < -0.3 is 9.47 Å². The minimum atomic E-state index is -0.239. The Hall–Kier alpha value is -2.34. The molecule has 6 heteroatoms. The standard InChI is InChI=1S/C15H16N2O3S/c1-4-5-10-8-11(9-12(19-2)13(10)20-3)14(18)17-15-16-6-7-21-15/h4-9H,1-3H3,(H,16,17,18). The molecule has 0 spiro atoms. The van der Waals surface area contributed by atoms with E-state index in [0.29, 0.717) is 22.2 Å². The Balaban J connectivity index is 2.39. The van der Waals surface area contributed by atoms with Gasteiger partial charge in [-0.15, -0.1) is 11.3 Å². The molecule has 0 aliphatic carbocycles. The van der Waals surface area contributed by atoms with Crippen molar-refractivity contribution in [2.45, 2.75) is 6.92 Å². The van der Waals surface area contributed by atoms with Gasteiger partial charge in [-0.05, 0) is 19.1 Å². The van der Waals surface area contributed by atoms with Gasteiger partial charge in [0.05, 0.1) is 14.2 Å². The van der Waals surface area contributed by atoms with Gasteiger partial charge in [0.15, 0.2) is 16.6 Å². The molecule has 0 aliphatic rings. The Morgan fingerprint density at radius 2 is 2.14 bits per heavy atom. The molecule has 0 saturated carbocycles. The van der Waals surface area contributed by atoms with Crippen LogP contribution in [0.2, 0.25) is 0 Å². The van der Waals surface area contributed by atoms with E-state index in [-0.39, 0.29) is 5.91 Å². The van der Waals surface area contributed by atoms with Crippen molar-refractivity contribution in [1.82, 2.24) is 4.98 Å². The summed E-state index contributed by atoms with van der Waals surface area (Å²) in [6.45, 7) is 1.90. The van der Waals surface area contributed by atoms with Gasteiger partial charge in [0.2, 0.25) is 0 Å². The molecule has 2 aromatic rings. The van der Waals surface area contributed by atoms with Crippen LogP contribution in [0.25, 0.3) is 6.08 Å². The van der Waals surface area contributed by atoms with Crippen molar-refractivity contribution >= 4 is 28.5 Å². The highest BCUT2D eigenvalue weighted by molar-refractivity contribution is 7.13. The summed E-state index contributed by atoms with van der Waals surface area (Å²) in [6, 6.07) is 3.40. The van der Waals surface area contributed by atoms with Crippen LogP contribution in [0.5, 0.6) is 11.5 Å². The number of rotatable bonds is 5. The lowest BCUT2D eigenvalue weighted by Crippen LogP contribution is -2.12. The first kappa shape index (κ1) is 15.1. The number of carbonyl (C=O) groups excluding carboxylic acids is 1. The van der Waals surface area contributed by atoms with Crippen molar-refractivity contribution in [3.05, 3.63) is 40.9 Å². The predicted octanol–water partition coefficient (Wildman–Crippen LogP) is 3.45. The van der Waals surface area contributed by atoms with Crippen molar-refractivity contribution in [2.24, 2.45) is 0 Å². The summed E-state index contributed by atoms with van der Waals surface area (Å²) in [4.78, 5) is 16.3. The van der Waals surface area contributed by atoms with E-state index in [0.717, 1.165) is 5.56 Å². The molecule has 0 aliphatic heterocycles. The molecule has 0 unspecified atom stereocenters. The molecule has 110 valence electrons. The molecule has 1 amide bonds. The van der Waals surface area contributed by atoms with Crippen LogP contribution < -0.4 is 14.8 Å². The summed E-state index contributed by atoms with van der Waals surface area (Å²) in [6.07, 6.45) is 5.38. The number of amides is 1. The van der Waals surface area contributed by atoms with Crippen LogP contribution in [-0.4, -0.2) is 25.1 Å². The van der Waals surface area contributed by atoms with Crippen molar-refractivity contribution < 1.29 is 14.3 Å². The molecule has 5 nitrogen and oxygen atoms in total. The normalized spacial score (nSPS) is 10.6. The van der Waals surface area contributed by atoms with E-state index in [9.17, 15) is 4.79 Å². The van der Waals surface area contributed by atoms with Gasteiger partial charge >= 0.3 is 0 Å². The number of allylic oxidation sites excluding steroid dienone is 1. The second kappa shape index (κ2) is 6.90. The third kappa shape index (κ3) is 3.41. The van der Waals surface area contributed by atoms with E-state index in [1.54, 1.807) is 37.9 Å². The predicted molar refractivity (Wildman–Crippen MR) is 84.3 cm³/mol. The zero-order valence-electron chi connectivity index (χ0n) is 12.0. The zero-order valence-corrected chi connectivity index (χ0v) is 12.9.